The summed E-state index contributed by atoms with van der Waals surface area (Å²) in [6.45, 7) is 0.782. The zero-order valence-electron chi connectivity index (χ0n) is 15.4. The topological polar surface area (TPSA) is 72.6 Å². The smallest absolute Gasteiger partial charge is 0.258 e. The number of carbonyl (C=O) groups excluding carboxylic acids is 1. The van der Waals surface area contributed by atoms with Crippen molar-refractivity contribution in [2.45, 2.75) is 38.1 Å². The van der Waals surface area contributed by atoms with Gasteiger partial charge in [0.2, 0.25) is 0 Å². The monoisotopic (exact) mass is 365 g/mol. The van der Waals surface area contributed by atoms with E-state index in [4.69, 9.17) is 4.74 Å². The fourth-order valence-corrected chi connectivity index (χ4v) is 3.82. The number of tetrazole rings is 1. The number of fused-ring (bicyclic) bond motifs is 1. The van der Waals surface area contributed by atoms with Crippen LogP contribution in [0.1, 0.15) is 41.6 Å². The summed E-state index contributed by atoms with van der Waals surface area (Å²) in [6.07, 6.45) is 6.83. The van der Waals surface area contributed by atoms with Gasteiger partial charge in [0.1, 0.15) is 5.75 Å². The second-order valence-electron chi connectivity index (χ2n) is 6.91. The molecule has 3 aromatic rings. The van der Waals surface area contributed by atoms with Gasteiger partial charge in [0, 0.05) is 18.8 Å². The van der Waals surface area contributed by atoms with Crippen molar-refractivity contribution in [3.63, 3.8) is 0 Å². The molecule has 1 aliphatic rings. The summed E-state index contributed by atoms with van der Waals surface area (Å²) in [5, 5.41) is 11.6. The Kier molecular flexibility index (Phi) is 5.00. The largest absolute Gasteiger partial charge is 0.497 e. The van der Waals surface area contributed by atoms with E-state index in [9.17, 15) is 4.79 Å². The maximum Gasteiger partial charge on any atom is 0.258 e. The molecule has 1 saturated heterocycles. The first-order chi connectivity index (χ1) is 13.3. The number of rotatable bonds is 5. The van der Waals surface area contributed by atoms with Crippen molar-refractivity contribution in [2.24, 2.45) is 0 Å². The molecule has 0 unspecified atom stereocenters. The van der Waals surface area contributed by atoms with E-state index in [0.29, 0.717) is 11.2 Å². The minimum atomic E-state index is 0.0192. The van der Waals surface area contributed by atoms with Crippen LogP contribution in [0.15, 0.2) is 42.6 Å². The first-order valence-electron chi connectivity index (χ1n) is 9.37. The van der Waals surface area contributed by atoms with Crippen LogP contribution in [0, 0.1) is 0 Å². The molecule has 0 radical (unpaired) electrons. The summed E-state index contributed by atoms with van der Waals surface area (Å²) in [4.78, 5) is 15.2. The van der Waals surface area contributed by atoms with Gasteiger partial charge < -0.3 is 9.64 Å². The first kappa shape index (κ1) is 17.5. The molecule has 3 heterocycles. The van der Waals surface area contributed by atoms with E-state index in [1.807, 2.05) is 29.2 Å². The van der Waals surface area contributed by atoms with Gasteiger partial charge in [-0.05, 0) is 72.4 Å². The number of nitrogens with zero attached hydrogens (tertiary/aromatic N) is 5. The molecule has 1 aliphatic heterocycles. The van der Waals surface area contributed by atoms with Crippen LogP contribution in [0.3, 0.4) is 0 Å². The number of benzene rings is 1. The van der Waals surface area contributed by atoms with Gasteiger partial charge in [0.05, 0.1) is 12.7 Å². The molecule has 0 N–H and O–H groups in total. The van der Waals surface area contributed by atoms with Gasteiger partial charge in [0.15, 0.2) is 5.65 Å². The number of aromatic nitrogens is 4. The highest BCUT2D eigenvalue weighted by Crippen LogP contribution is 2.25. The Labute approximate surface area is 157 Å². The summed E-state index contributed by atoms with van der Waals surface area (Å²) in [6, 6.07) is 12.0. The lowest BCUT2D eigenvalue weighted by Crippen LogP contribution is -2.44. The number of hydrogen-bond acceptors (Lipinski definition) is 5. The van der Waals surface area contributed by atoms with Crippen LogP contribution in [0.5, 0.6) is 5.75 Å². The number of carbonyl (C=O) groups is 1. The second-order valence-corrected chi connectivity index (χ2v) is 6.91. The van der Waals surface area contributed by atoms with E-state index in [1.165, 1.54) is 5.56 Å². The molecule has 1 fully saturated rings. The Morgan fingerprint density at radius 1 is 1.26 bits per heavy atom. The third-order valence-corrected chi connectivity index (χ3v) is 5.24. The summed E-state index contributed by atoms with van der Waals surface area (Å²) >= 11 is 0. The lowest BCUT2D eigenvalue weighted by atomic mass is 9.95. The maximum absolute atomic E-state index is 13.2. The first-order valence-corrected chi connectivity index (χ1v) is 9.37. The van der Waals surface area contributed by atoms with E-state index in [2.05, 4.69) is 27.7 Å². The molecule has 27 heavy (non-hydrogen) atoms. The zero-order valence-corrected chi connectivity index (χ0v) is 15.4. The molecule has 140 valence electrons. The second kappa shape index (κ2) is 7.73. The minimum Gasteiger partial charge on any atom is -0.497 e. The summed E-state index contributed by atoms with van der Waals surface area (Å²) < 4.78 is 6.86. The van der Waals surface area contributed by atoms with Crippen molar-refractivity contribution in [3.8, 4) is 5.75 Å². The standard InChI is InChI=1S/C20H23N5O2/c1-27-17-8-4-6-15(14-17)10-11-16-7-2-3-12-24(16)20(26)18-9-5-13-25-19(18)21-22-23-25/h4-6,8-9,13-14,16H,2-3,7,10-12H2,1H3/t16-/m1/s1. The molecule has 0 aliphatic carbocycles. The van der Waals surface area contributed by atoms with Crippen LogP contribution in [0.25, 0.3) is 5.65 Å². The summed E-state index contributed by atoms with van der Waals surface area (Å²) in [5.74, 6) is 0.890. The number of ether oxygens (including phenoxy) is 1. The molecule has 7 heteroatoms. The number of aryl methyl sites for hydroxylation is 1. The Balaban J connectivity index is 1.51. The SMILES string of the molecule is COc1cccc(CC[C@H]2CCCCN2C(=O)c2cccn3nnnc23)c1. The summed E-state index contributed by atoms with van der Waals surface area (Å²) in [5.41, 5.74) is 2.31. The van der Waals surface area contributed by atoms with Crippen LogP contribution in [-0.4, -0.2) is 50.5 Å². The zero-order chi connectivity index (χ0) is 18.6. The average molecular weight is 365 g/mol. The minimum absolute atomic E-state index is 0.0192. The fraction of sp³-hybridized carbons (Fsp3) is 0.400. The molecule has 1 amide bonds. The van der Waals surface area contributed by atoms with Crippen LogP contribution in [0.2, 0.25) is 0 Å². The van der Waals surface area contributed by atoms with Gasteiger partial charge in [0.25, 0.3) is 5.91 Å². The van der Waals surface area contributed by atoms with Gasteiger partial charge >= 0.3 is 0 Å². The molecule has 0 bridgehead atoms. The highest BCUT2D eigenvalue weighted by Gasteiger charge is 2.28. The molecular formula is C20H23N5O2. The summed E-state index contributed by atoms with van der Waals surface area (Å²) in [7, 11) is 1.68. The third-order valence-electron chi connectivity index (χ3n) is 5.24. The van der Waals surface area contributed by atoms with E-state index in [0.717, 1.165) is 44.4 Å². The van der Waals surface area contributed by atoms with Crippen molar-refractivity contribution in [2.75, 3.05) is 13.7 Å². The molecular weight excluding hydrogens is 342 g/mol. The van der Waals surface area contributed by atoms with E-state index < -0.39 is 0 Å². The van der Waals surface area contributed by atoms with Crippen molar-refractivity contribution in [1.29, 1.82) is 0 Å². The van der Waals surface area contributed by atoms with Gasteiger partial charge in [-0.1, -0.05) is 12.1 Å². The predicted octanol–water partition coefficient (Wildman–Crippen LogP) is 2.76. The Morgan fingerprint density at radius 3 is 3.07 bits per heavy atom. The third kappa shape index (κ3) is 3.63. The van der Waals surface area contributed by atoms with Crippen molar-refractivity contribution >= 4 is 11.6 Å². The highest BCUT2D eigenvalue weighted by molar-refractivity contribution is 5.99. The number of amides is 1. The molecule has 0 saturated carbocycles. The lowest BCUT2D eigenvalue weighted by molar-refractivity contribution is 0.0603. The van der Waals surface area contributed by atoms with Gasteiger partial charge in [-0.2, -0.15) is 4.52 Å². The predicted molar refractivity (Wildman–Crippen MR) is 101 cm³/mol. The van der Waals surface area contributed by atoms with Crippen LogP contribution in [-0.2, 0) is 6.42 Å². The van der Waals surface area contributed by atoms with Crippen LogP contribution < -0.4 is 4.74 Å². The maximum atomic E-state index is 13.2. The number of methoxy groups -OCH3 is 1. The highest BCUT2D eigenvalue weighted by atomic mass is 16.5. The molecule has 1 atom stereocenters. The molecule has 4 rings (SSSR count). The Hall–Kier alpha value is -2.96. The van der Waals surface area contributed by atoms with Crippen LogP contribution in [0.4, 0.5) is 0 Å². The number of hydrogen-bond donors (Lipinski definition) is 0. The van der Waals surface area contributed by atoms with E-state index in [1.54, 1.807) is 17.8 Å². The van der Waals surface area contributed by atoms with Crippen LogP contribution >= 0.6 is 0 Å². The molecule has 2 aromatic heterocycles. The Bertz CT molecular complexity index is 939. The van der Waals surface area contributed by atoms with Gasteiger partial charge in [-0.15, -0.1) is 5.10 Å². The molecule has 0 spiro atoms. The molecule has 7 nitrogen and oxygen atoms in total. The van der Waals surface area contributed by atoms with Gasteiger partial charge in [-0.25, -0.2) is 0 Å². The lowest BCUT2D eigenvalue weighted by Gasteiger charge is -2.36. The van der Waals surface area contributed by atoms with Crippen molar-refractivity contribution in [1.82, 2.24) is 24.9 Å². The van der Waals surface area contributed by atoms with E-state index in [-0.39, 0.29) is 11.9 Å². The number of pyridine rings is 1. The molecule has 1 aromatic carbocycles. The number of likely N-dealkylation sites (tertiary alicyclic amines) is 1. The van der Waals surface area contributed by atoms with E-state index >= 15 is 0 Å². The van der Waals surface area contributed by atoms with Gasteiger partial charge in [-0.3, -0.25) is 4.79 Å². The number of piperidine rings is 1. The van der Waals surface area contributed by atoms with Crippen molar-refractivity contribution in [3.05, 3.63) is 53.7 Å². The van der Waals surface area contributed by atoms with Crippen molar-refractivity contribution < 1.29 is 9.53 Å². The quantitative estimate of drug-likeness (QED) is 0.695. The fourth-order valence-electron chi connectivity index (χ4n) is 3.82. The Morgan fingerprint density at radius 2 is 2.19 bits per heavy atom. The normalized spacial score (nSPS) is 17.2. The average Bonchev–Trinajstić information content (AvgIpc) is 3.21.